The van der Waals surface area contributed by atoms with Gasteiger partial charge in [-0.15, -0.1) is 0 Å². The molecular formula is C30H54N+. The van der Waals surface area contributed by atoms with E-state index in [2.05, 4.69) is 45.3 Å². The van der Waals surface area contributed by atoms with E-state index >= 15 is 0 Å². The summed E-state index contributed by atoms with van der Waals surface area (Å²) in [5.41, 5.74) is 3.06. The minimum absolute atomic E-state index is 0.823. The average molecular weight is 429 g/mol. The summed E-state index contributed by atoms with van der Waals surface area (Å²) in [7, 11) is 4.77. The molecule has 1 fully saturated rings. The first-order valence-electron chi connectivity index (χ1n) is 14.1. The normalized spacial score (nSPS) is 15.5. The van der Waals surface area contributed by atoms with Crippen molar-refractivity contribution in [3.8, 4) is 0 Å². The summed E-state index contributed by atoms with van der Waals surface area (Å²) in [5, 5.41) is 0. The predicted octanol–water partition coefficient (Wildman–Crippen LogP) is 9.78. The largest absolute Gasteiger partial charge is 0.296 e. The van der Waals surface area contributed by atoms with E-state index in [1.54, 1.807) is 5.56 Å². The van der Waals surface area contributed by atoms with Crippen LogP contribution < -0.4 is 4.48 Å². The van der Waals surface area contributed by atoms with Crippen LogP contribution in [0.1, 0.15) is 140 Å². The summed E-state index contributed by atoms with van der Waals surface area (Å²) in [6.07, 6.45) is 27.2. The Morgan fingerprint density at radius 2 is 1.06 bits per heavy atom. The van der Waals surface area contributed by atoms with Gasteiger partial charge >= 0.3 is 0 Å². The third-order valence-corrected chi connectivity index (χ3v) is 7.74. The van der Waals surface area contributed by atoms with Crippen LogP contribution in [0.4, 0.5) is 5.69 Å². The lowest BCUT2D eigenvalue weighted by Crippen LogP contribution is -2.41. The molecule has 1 aliphatic rings. The third-order valence-electron chi connectivity index (χ3n) is 7.74. The highest BCUT2D eigenvalue weighted by Crippen LogP contribution is 2.33. The van der Waals surface area contributed by atoms with E-state index in [1.165, 1.54) is 134 Å². The van der Waals surface area contributed by atoms with Crippen molar-refractivity contribution in [2.45, 2.75) is 135 Å². The van der Waals surface area contributed by atoms with E-state index in [9.17, 15) is 0 Å². The van der Waals surface area contributed by atoms with Crippen molar-refractivity contribution in [3.05, 3.63) is 29.8 Å². The number of hydrogen-bond donors (Lipinski definition) is 0. The van der Waals surface area contributed by atoms with Gasteiger partial charge in [0.05, 0.1) is 20.6 Å². The summed E-state index contributed by atoms with van der Waals surface area (Å²) in [6, 6.07) is 9.68. The predicted molar refractivity (Wildman–Crippen MR) is 141 cm³/mol. The number of nitrogens with zero attached hydrogens (tertiary/aromatic N) is 1. The molecule has 1 aromatic carbocycles. The Labute approximate surface area is 195 Å². The van der Waals surface area contributed by atoms with Gasteiger partial charge in [0.1, 0.15) is 5.69 Å². The van der Waals surface area contributed by atoms with E-state index in [1.807, 2.05) is 0 Å². The molecule has 1 nitrogen and oxygen atoms in total. The molecule has 1 heteroatoms. The Balaban J connectivity index is 1.49. The SMILES string of the molecule is CCCCCCCCCCCCCCCC[N+](C)(C)c1ccc(C2CCCCC2)cc1. The number of hydrogen-bond acceptors (Lipinski definition) is 0. The van der Waals surface area contributed by atoms with Gasteiger partial charge in [-0.2, -0.15) is 0 Å². The lowest BCUT2D eigenvalue weighted by atomic mass is 9.84. The van der Waals surface area contributed by atoms with Crippen LogP contribution in [0.25, 0.3) is 0 Å². The zero-order valence-corrected chi connectivity index (χ0v) is 21.5. The Hall–Kier alpha value is -0.820. The van der Waals surface area contributed by atoms with Crippen LogP contribution in [0.3, 0.4) is 0 Å². The Morgan fingerprint density at radius 3 is 1.55 bits per heavy atom. The molecule has 0 unspecified atom stereocenters. The monoisotopic (exact) mass is 428 g/mol. The van der Waals surface area contributed by atoms with Gasteiger partial charge in [-0.1, -0.05) is 115 Å². The van der Waals surface area contributed by atoms with Crippen LogP contribution in [0, 0.1) is 0 Å². The quantitative estimate of drug-likeness (QED) is 0.171. The van der Waals surface area contributed by atoms with Gasteiger partial charge in [0.25, 0.3) is 0 Å². The molecule has 0 atom stereocenters. The molecule has 0 amide bonds. The van der Waals surface area contributed by atoms with E-state index in [-0.39, 0.29) is 0 Å². The lowest BCUT2D eigenvalue weighted by molar-refractivity contribution is 0.380. The van der Waals surface area contributed by atoms with Crippen LogP contribution in [-0.2, 0) is 0 Å². The fourth-order valence-electron chi connectivity index (χ4n) is 5.42. The first kappa shape index (κ1) is 26.4. The maximum Gasteiger partial charge on any atom is 0.132 e. The van der Waals surface area contributed by atoms with Gasteiger partial charge < -0.3 is 0 Å². The molecule has 0 bridgehead atoms. The maximum atomic E-state index is 2.43. The minimum atomic E-state index is 0.823. The summed E-state index contributed by atoms with van der Waals surface area (Å²) < 4.78 is 1.03. The zero-order chi connectivity index (χ0) is 22.2. The van der Waals surface area contributed by atoms with Crippen LogP contribution in [-0.4, -0.2) is 20.6 Å². The van der Waals surface area contributed by atoms with Gasteiger partial charge in [-0.05, 0) is 49.3 Å². The zero-order valence-electron chi connectivity index (χ0n) is 21.5. The third kappa shape index (κ3) is 11.0. The molecule has 0 aromatic heterocycles. The second kappa shape index (κ2) is 15.9. The molecule has 1 aliphatic carbocycles. The van der Waals surface area contributed by atoms with E-state index < -0.39 is 0 Å². The molecular weight excluding hydrogens is 374 g/mol. The highest BCUT2D eigenvalue weighted by atomic mass is 15.3. The van der Waals surface area contributed by atoms with Crippen molar-refractivity contribution in [3.63, 3.8) is 0 Å². The van der Waals surface area contributed by atoms with Crippen molar-refractivity contribution in [2.75, 3.05) is 20.6 Å². The topological polar surface area (TPSA) is 0 Å². The first-order valence-corrected chi connectivity index (χ1v) is 14.1. The Morgan fingerprint density at radius 1 is 0.613 bits per heavy atom. The van der Waals surface area contributed by atoms with Gasteiger partial charge in [-0.3, -0.25) is 4.48 Å². The highest BCUT2D eigenvalue weighted by Gasteiger charge is 2.20. The fraction of sp³-hybridized carbons (Fsp3) is 0.800. The molecule has 0 N–H and O–H groups in total. The summed E-state index contributed by atoms with van der Waals surface area (Å²) in [5.74, 6) is 0.823. The summed E-state index contributed by atoms with van der Waals surface area (Å²) >= 11 is 0. The van der Waals surface area contributed by atoms with Gasteiger partial charge in [0, 0.05) is 0 Å². The van der Waals surface area contributed by atoms with Gasteiger partial charge in [-0.25, -0.2) is 0 Å². The Kier molecular flexibility index (Phi) is 13.6. The molecule has 0 spiro atoms. The van der Waals surface area contributed by atoms with Crippen LogP contribution in [0.2, 0.25) is 0 Å². The summed E-state index contributed by atoms with van der Waals surface area (Å²) in [6.45, 7) is 3.57. The second-order valence-electron chi connectivity index (χ2n) is 10.9. The van der Waals surface area contributed by atoms with Crippen molar-refractivity contribution in [1.29, 1.82) is 0 Å². The van der Waals surface area contributed by atoms with E-state index in [0.717, 1.165) is 10.4 Å². The summed E-state index contributed by atoms with van der Waals surface area (Å²) in [4.78, 5) is 0. The molecule has 0 aliphatic heterocycles. The number of unbranched alkanes of at least 4 members (excludes halogenated alkanes) is 13. The maximum absolute atomic E-state index is 2.43. The number of rotatable bonds is 17. The average Bonchev–Trinajstić information content (AvgIpc) is 2.80. The first-order chi connectivity index (χ1) is 15.1. The smallest absolute Gasteiger partial charge is 0.132 e. The molecule has 1 aromatic rings. The lowest BCUT2D eigenvalue weighted by Gasteiger charge is -2.30. The van der Waals surface area contributed by atoms with Crippen molar-refractivity contribution in [2.24, 2.45) is 0 Å². The molecule has 1 saturated carbocycles. The van der Waals surface area contributed by atoms with Crippen LogP contribution >= 0.6 is 0 Å². The van der Waals surface area contributed by atoms with Crippen molar-refractivity contribution >= 4 is 5.69 Å². The number of quaternary nitrogens is 1. The molecule has 0 saturated heterocycles. The van der Waals surface area contributed by atoms with E-state index in [0.29, 0.717) is 0 Å². The second-order valence-corrected chi connectivity index (χ2v) is 10.9. The van der Waals surface area contributed by atoms with Crippen LogP contribution in [0.5, 0.6) is 0 Å². The van der Waals surface area contributed by atoms with Crippen LogP contribution in [0.15, 0.2) is 24.3 Å². The molecule has 2 rings (SSSR count). The molecule has 31 heavy (non-hydrogen) atoms. The Bertz CT molecular complexity index is 538. The van der Waals surface area contributed by atoms with Crippen molar-refractivity contribution < 1.29 is 0 Å². The standard InChI is InChI=1S/C30H54N/c1-4-5-6-7-8-9-10-11-12-13-14-15-16-20-27-31(2,3)30-25-23-29(24-26-30)28-21-18-17-19-22-28/h23-26,28H,4-22,27H2,1-3H3/q+1. The van der Waals surface area contributed by atoms with E-state index in [4.69, 9.17) is 0 Å². The number of benzene rings is 1. The minimum Gasteiger partial charge on any atom is -0.296 e. The van der Waals surface area contributed by atoms with Gasteiger partial charge in [0.15, 0.2) is 0 Å². The highest BCUT2D eigenvalue weighted by molar-refractivity contribution is 5.44. The van der Waals surface area contributed by atoms with Gasteiger partial charge in [0.2, 0.25) is 0 Å². The molecule has 178 valence electrons. The molecule has 0 radical (unpaired) electrons. The fourth-order valence-corrected chi connectivity index (χ4v) is 5.42. The molecule has 0 heterocycles. The van der Waals surface area contributed by atoms with Crippen molar-refractivity contribution in [1.82, 2.24) is 4.48 Å².